The molecule has 0 amide bonds. The standard InChI is InChI=1S/C5H5NO2/c6-1-4-2-8-3-5(4)7/h4H,2-3H2/t4-/m1/s1. The lowest BCUT2D eigenvalue weighted by Gasteiger charge is -1.85. The first-order valence-electron chi connectivity index (χ1n) is 2.34. The number of hydrogen-bond acceptors (Lipinski definition) is 3. The Labute approximate surface area is 46.9 Å². The Bertz CT molecular complexity index is 147. The molecule has 0 aliphatic carbocycles. The Morgan fingerprint density at radius 3 is 2.88 bits per heavy atom. The molecule has 0 aromatic rings. The van der Waals surface area contributed by atoms with Crippen molar-refractivity contribution in [3.63, 3.8) is 0 Å². The molecule has 8 heavy (non-hydrogen) atoms. The smallest absolute Gasteiger partial charge is 0.177 e. The predicted molar refractivity (Wildman–Crippen MR) is 24.9 cm³/mol. The molecule has 0 aromatic carbocycles. The molecule has 1 saturated heterocycles. The van der Waals surface area contributed by atoms with Crippen LogP contribution in [0.2, 0.25) is 0 Å². The highest BCUT2D eigenvalue weighted by Gasteiger charge is 2.24. The zero-order valence-corrected chi connectivity index (χ0v) is 4.26. The van der Waals surface area contributed by atoms with Crippen LogP contribution in [0.25, 0.3) is 0 Å². The summed E-state index contributed by atoms with van der Waals surface area (Å²) in [7, 11) is 0. The quantitative estimate of drug-likeness (QED) is 0.432. The van der Waals surface area contributed by atoms with Crippen LogP contribution in [0.5, 0.6) is 0 Å². The summed E-state index contributed by atoms with van der Waals surface area (Å²) < 4.78 is 4.69. The van der Waals surface area contributed by atoms with Gasteiger partial charge in [-0.25, -0.2) is 0 Å². The van der Waals surface area contributed by atoms with Crippen LogP contribution in [0.1, 0.15) is 0 Å². The zero-order chi connectivity index (χ0) is 5.98. The molecule has 0 unspecified atom stereocenters. The van der Waals surface area contributed by atoms with Crippen LogP contribution in [0.15, 0.2) is 0 Å². The Balaban J connectivity index is 2.58. The first-order chi connectivity index (χ1) is 3.84. The second-order valence-corrected chi connectivity index (χ2v) is 1.66. The fourth-order valence-electron chi connectivity index (χ4n) is 0.580. The Morgan fingerprint density at radius 2 is 2.62 bits per heavy atom. The van der Waals surface area contributed by atoms with Gasteiger partial charge in [0.25, 0.3) is 0 Å². The minimum Gasteiger partial charge on any atom is -0.372 e. The zero-order valence-electron chi connectivity index (χ0n) is 4.26. The second kappa shape index (κ2) is 1.93. The van der Waals surface area contributed by atoms with E-state index in [1.54, 1.807) is 0 Å². The van der Waals surface area contributed by atoms with E-state index < -0.39 is 5.92 Å². The van der Waals surface area contributed by atoms with Crippen molar-refractivity contribution >= 4 is 5.78 Å². The molecule has 0 saturated carbocycles. The number of carbonyl (C=O) groups excluding carboxylic acids is 1. The Morgan fingerprint density at radius 1 is 1.88 bits per heavy atom. The summed E-state index contributed by atoms with van der Waals surface area (Å²) in [6, 6.07) is 1.84. The third-order valence-corrected chi connectivity index (χ3v) is 1.07. The number of ether oxygens (including phenoxy) is 1. The summed E-state index contributed by atoms with van der Waals surface area (Å²) >= 11 is 0. The van der Waals surface area contributed by atoms with E-state index in [4.69, 9.17) is 5.26 Å². The van der Waals surface area contributed by atoms with E-state index in [9.17, 15) is 4.79 Å². The number of hydrogen-bond donors (Lipinski definition) is 0. The molecule has 1 atom stereocenters. The molecular formula is C5H5NO2. The summed E-state index contributed by atoms with van der Waals surface area (Å²) in [6.45, 7) is 0.410. The van der Waals surface area contributed by atoms with Gasteiger partial charge >= 0.3 is 0 Å². The lowest BCUT2D eigenvalue weighted by Crippen LogP contribution is -2.07. The van der Waals surface area contributed by atoms with E-state index in [1.165, 1.54) is 0 Å². The SMILES string of the molecule is N#C[C@@H]1COCC1=O. The molecular weight excluding hydrogens is 106 g/mol. The summed E-state index contributed by atoms with van der Waals surface area (Å²) in [5.41, 5.74) is 0. The molecule has 0 aromatic heterocycles. The van der Waals surface area contributed by atoms with Gasteiger partial charge in [-0.15, -0.1) is 0 Å². The number of ketones is 1. The van der Waals surface area contributed by atoms with Gasteiger partial charge in [0.15, 0.2) is 5.78 Å². The van der Waals surface area contributed by atoms with Gasteiger partial charge in [-0.3, -0.25) is 4.79 Å². The molecule has 42 valence electrons. The summed E-state index contributed by atoms with van der Waals surface area (Å²) in [5, 5.41) is 8.19. The third kappa shape index (κ3) is 0.703. The van der Waals surface area contributed by atoms with Gasteiger partial charge in [0.1, 0.15) is 12.5 Å². The minimum absolute atomic E-state index is 0.0903. The van der Waals surface area contributed by atoms with Crippen molar-refractivity contribution in [3.05, 3.63) is 0 Å². The number of Topliss-reactive ketones (excluding diaryl/α,β-unsaturated/α-hetero) is 1. The van der Waals surface area contributed by atoms with Crippen LogP contribution in [-0.4, -0.2) is 19.0 Å². The van der Waals surface area contributed by atoms with Crippen molar-refractivity contribution in [2.75, 3.05) is 13.2 Å². The van der Waals surface area contributed by atoms with Crippen molar-refractivity contribution in [1.82, 2.24) is 0 Å². The van der Waals surface area contributed by atoms with Gasteiger partial charge in [-0.1, -0.05) is 0 Å². The van der Waals surface area contributed by atoms with E-state index in [1.807, 2.05) is 6.07 Å². The monoisotopic (exact) mass is 111 g/mol. The summed E-state index contributed by atoms with van der Waals surface area (Å²) in [6.07, 6.45) is 0. The van der Waals surface area contributed by atoms with Crippen molar-refractivity contribution in [2.24, 2.45) is 5.92 Å². The van der Waals surface area contributed by atoms with Crippen LogP contribution >= 0.6 is 0 Å². The summed E-state index contributed by atoms with van der Waals surface area (Å²) in [5.74, 6) is -0.581. The number of rotatable bonds is 0. The lowest BCUT2D eigenvalue weighted by atomic mass is 10.1. The highest BCUT2D eigenvalue weighted by Crippen LogP contribution is 2.05. The van der Waals surface area contributed by atoms with Gasteiger partial charge in [0, 0.05) is 0 Å². The van der Waals surface area contributed by atoms with E-state index >= 15 is 0 Å². The molecule has 3 heteroatoms. The average molecular weight is 111 g/mol. The highest BCUT2D eigenvalue weighted by atomic mass is 16.5. The van der Waals surface area contributed by atoms with Crippen molar-refractivity contribution < 1.29 is 9.53 Å². The minimum atomic E-state index is -0.491. The number of carbonyl (C=O) groups is 1. The first kappa shape index (κ1) is 5.26. The van der Waals surface area contributed by atoms with Crippen molar-refractivity contribution in [2.45, 2.75) is 0 Å². The number of nitriles is 1. The second-order valence-electron chi connectivity index (χ2n) is 1.66. The molecule has 1 rings (SSSR count). The van der Waals surface area contributed by atoms with E-state index in [2.05, 4.69) is 4.74 Å². The Hall–Kier alpha value is -0.880. The van der Waals surface area contributed by atoms with Gasteiger partial charge in [0.2, 0.25) is 0 Å². The molecule has 1 heterocycles. The molecule has 1 fully saturated rings. The molecule has 1 aliphatic rings. The Kier molecular flexibility index (Phi) is 1.27. The van der Waals surface area contributed by atoms with Gasteiger partial charge in [-0.05, 0) is 0 Å². The predicted octanol–water partition coefficient (Wildman–Crippen LogP) is -0.275. The largest absolute Gasteiger partial charge is 0.372 e. The average Bonchev–Trinajstić information content (AvgIpc) is 2.14. The van der Waals surface area contributed by atoms with Crippen LogP contribution in [0.3, 0.4) is 0 Å². The molecule has 0 radical (unpaired) electrons. The summed E-state index contributed by atoms with van der Waals surface area (Å²) in [4.78, 5) is 10.5. The normalized spacial score (nSPS) is 27.9. The van der Waals surface area contributed by atoms with Crippen molar-refractivity contribution in [3.8, 4) is 6.07 Å². The number of nitrogens with zero attached hydrogens (tertiary/aromatic N) is 1. The molecule has 3 nitrogen and oxygen atoms in total. The fourth-order valence-corrected chi connectivity index (χ4v) is 0.580. The van der Waals surface area contributed by atoms with Crippen molar-refractivity contribution in [1.29, 1.82) is 5.26 Å². The maximum absolute atomic E-state index is 10.5. The van der Waals surface area contributed by atoms with E-state index in [0.29, 0.717) is 0 Å². The van der Waals surface area contributed by atoms with Gasteiger partial charge in [-0.2, -0.15) is 5.26 Å². The van der Waals surface area contributed by atoms with E-state index in [0.717, 1.165) is 0 Å². The molecule has 1 aliphatic heterocycles. The molecule has 0 spiro atoms. The van der Waals surface area contributed by atoms with Crippen LogP contribution in [0, 0.1) is 17.2 Å². The van der Waals surface area contributed by atoms with Crippen LogP contribution in [0.4, 0.5) is 0 Å². The topological polar surface area (TPSA) is 50.1 Å². The maximum atomic E-state index is 10.5. The van der Waals surface area contributed by atoms with E-state index in [-0.39, 0.29) is 19.0 Å². The third-order valence-electron chi connectivity index (χ3n) is 1.07. The fraction of sp³-hybridized carbons (Fsp3) is 0.600. The highest BCUT2D eigenvalue weighted by molar-refractivity contribution is 5.86. The lowest BCUT2D eigenvalue weighted by molar-refractivity contribution is -0.119. The molecule has 0 N–H and O–H groups in total. The van der Waals surface area contributed by atoms with Crippen LogP contribution in [-0.2, 0) is 9.53 Å². The first-order valence-corrected chi connectivity index (χ1v) is 2.34. The van der Waals surface area contributed by atoms with Gasteiger partial charge < -0.3 is 4.74 Å². The maximum Gasteiger partial charge on any atom is 0.177 e. The molecule has 0 bridgehead atoms. The van der Waals surface area contributed by atoms with Gasteiger partial charge in [0.05, 0.1) is 12.7 Å². The van der Waals surface area contributed by atoms with Crippen LogP contribution < -0.4 is 0 Å².